The fourth-order valence-corrected chi connectivity index (χ4v) is 1.62. The standard InChI is InChI=1S/C10H12ClN3O/c1-2-10(3-4-10)9(15)14-8-6-12-7(11)5-13-8/h5-6H,2-4H2,1H3,(H,13,14,15). The van der Waals surface area contributed by atoms with Crippen molar-refractivity contribution in [2.45, 2.75) is 26.2 Å². The first kappa shape index (κ1) is 10.4. The number of hydrogen-bond donors (Lipinski definition) is 1. The van der Waals surface area contributed by atoms with Crippen LogP contribution in [0.5, 0.6) is 0 Å². The molecule has 0 spiro atoms. The van der Waals surface area contributed by atoms with Crippen LogP contribution in [0.3, 0.4) is 0 Å². The van der Waals surface area contributed by atoms with Crippen LogP contribution >= 0.6 is 11.6 Å². The lowest BCUT2D eigenvalue weighted by Gasteiger charge is -2.11. The molecule has 0 atom stereocenters. The number of nitrogens with one attached hydrogen (secondary N) is 1. The normalized spacial score (nSPS) is 17.2. The zero-order valence-electron chi connectivity index (χ0n) is 8.46. The molecule has 0 bridgehead atoms. The van der Waals surface area contributed by atoms with Crippen LogP contribution in [0.15, 0.2) is 12.4 Å². The number of carbonyl (C=O) groups excluding carboxylic acids is 1. The molecule has 0 radical (unpaired) electrons. The number of carbonyl (C=O) groups is 1. The first-order chi connectivity index (χ1) is 7.16. The molecule has 80 valence electrons. The second-order valence-electron chi connectivity index (χ2n) is 3.81. The quantitative estimate of drug-likeness (QED) is 0.859. The minimum atomic E-state index is -0.151. The molecule has 1 amide bonds. The molecule has 4 nitrogen and oxygen atoms in total. The van der Waals surface area contributed by atoms with Crippen molar-refractivity contribution in [3.8, 4) is 0 Å². The molecule has 1 fully saturated rings. The highest BCUT2D eigenvalue weighted by atomic mass is 35.5. The number of halogens is 1. The van der Waals surface area contributed by atoms with Crippen molar-refractivity contribution in [2.24, 2.45) is 5.41 Å². The maximum atomic E-state index is 11.8. The number of aromatic nitrogens is 2. The average Bonchev–Trinajstić information content (AvgIpc) is 3.02. The fraction of sp³-hybridized carbons (Fsp3) is 0.500. The van der Waals surface area contributed by atoms with Crippen LogP contribution in [-0.4, -0.2) is 15.9 Å². The van der Waals surface area contributed by atoms with Gasteiger partial charge in [0.15, 0.2) is 5.82 Å². The third-order valence-corrected chi connectivity index (χ3v) is 3.07. The third kappa shape index (κ3) is 2.09. The van der Waals surface area contributed by atoms with E-state index in [0.29, 0.717) is 11.0 Å². The molecule has 1 aromatic heterocycles. The third-order valence-electron chi connectivity index (χ3n) is 2.87. The number of anilines is 1. The molecule has 2 rings (SSSR count). The molecule has 1 N–H and O–H groups in total. The monoisotopic (exact) mass is 225 g/mol. The van der Waals surface area contributed by atoms with Gasteiger partial charge in [-0.25, -0.2) is 9.97 Å². The predicted octanol–water partition coefficient (Wildman–Crippen LogP) is 2.26. The van der Waals surface area contributed by atoms with Gasteiger partial charge in [-0.1, -0.05) is 18.5 Å². The van der Waals surface area contributed by atoms with Gasteiger partial charge in [-0.15, -0.1) is 0 Å². The summed E-state index contributed by atoms with van der Waals surface area (Å²) in [6, 6.07) is 0. The van der Waals surface area contributed by atoms with Crippen LogP contribution < -0.4 is 5.32 Å². The topological polar surface area (TPSA) is 54.9 Å². The summed E-state index contributed by atoms with van der Waals surface area (Å²) < 4.78 is 0. The van der Waals surface area contributed by atoms with Crippen molar-refractivity contribution in [1.29, 1.82) is 0 Å². The van der Waals surface area contributed by atoms with Gasteiger partial charge >= 0.3 is 0 Å². The van der Waals surface area contributed by atoms with Crippen LogP contribution in [0.25, 0.3) is 0 Å². The first-order valence-electron chi connectivity index (χ1n) is 4.95. The highest BCUT2D eigenvalue weighted by Crippen LogP contribution is 2.49. The van der Waals surface area contributed by atoms with E-state index >= 15 is 0 Å². The molecular weight excluding hydrogens is 214 g/mol. The first-order valence-corrected chi connectivity index (χ1v) is 5.33. The zero-order chi connectivity index (χ0) is 10.9. The molecule has 1 aromatic rings. The lowest BCUT2D eigenvalue weighted by atomic mass is 10.0. The van der Waals surface area contributed by atoms with E-state index in [1.165, 1.54) is 12.4 Å². The Morgan fingerprint density at radius 1 is 1.53 bits per heavy atom. The molecule has 0 unspecified atom stereocenters. The van der Waals surface area contributed by atoms with Crippen molar-refractivity contribution in [1.82, 2.24) is 9.97 Å². The second kappa shape index (κ2) is 3.77. The smallest absolute Gasteiger partial charge is 0.231 e. The predicted molar refractivity (Wildman–Crippen MR) is 57.6 cm³/mol. The van der Waals surface area contributed by atoms with Crippen LogP contribution in [0, 0.1) is 5.41 Å². The summed E-state index contributed by atoms with van der Waals surface area (Å²) in [6.07, 6.45) is 5.70. The minimum Gasteiger partial charge on any atom is -0.309 e. The SMILES string of the molecule is CCC1(C(=O)Nc2cnc(Cl)cn2)CC1. The van der Waals surface area contributed by atoms with Crippen LogP contribution in [0.2, 0.25) is 5.15 Å². The van der Waals surface area contributed by atoms with Gasteiger partial charge < -0.3 is 5.32 Å². The molecule has 0 saturated heterocycles. The molecule has 0 aromatic carbocycles. The molecule has 5 heteroatoms. The second-order valence-corrected chi connectivity index (χ2v) is 4.20. The molecule has 1 aliphatic rings. The number of amides is 1. The van der Waals surface area contributed by atoms with Crippen LogP contribution in [-0.2, 0) is 4.79 Å². The van der Waals surface area contributed by atoms with E-state index in [0.717, 1.165) is 19.3 Å². The Hall–Kier alpha value is -1.16. The lowest BCUT2D eigenvalue weighted by Crippen LogP contribution is -2.24. The van der Waals surface area contributed by atoms with Gasteiger partial charge in [0.1, 0.15) is 5.15 Å². The maximum absolute atomic E-state index is 11.8. The van der Waals surface area contributed by atoms with Crippen molar-refractivity contribution < 1.29 is 4.79 Å². The maximum Gasteiger partial charge on any atom is 0.231 e. The molecule has 1 aliphatic carbocycles. The van der Waals surface area contributed by atoms with Crippen LogP contribution in [0.4, 0.5) is 5.82 Å². The fourth-order valence-electron chi connectivity index (χ4n) is 1.52. The highest BCUT2D eigenvalue weighted by Gasteiger charge is 2.48. The van der Waals surface area contributed by atoms with Crippen LogP contribution in [0.1, 0.15) is 26.2 Å². The summed E-state index contributed by atoms with van der Waals surface area (Å²) in [5, 5.41) is 3.08. The van der Waals surface area contributed by atoms with E-state index in [9.17, 15) is 4.79 Å². The Bertz CT molecular complexity index is 373. The number of hydrogen-bond acceptors (Lipinski definition) is 3. The van der Waals surface area contributed by atoms with E-state index in [1.54, 1.807) is 0 Å². The highest BCUT2D eigenvalue weighted by molar-refractivity contribution is 6.29. The molecule has 1 heterocycles. The molecule has 15 heavy (non-hydrogen) atoms. The Kier molecular flexibility index (Phi) is 2.61. The minimum absolute atomic E-state index is 0.0432. The van der Waals surface area contributed by atoms with E-state index in [2.05, 4.69) is 15.3 Å². The van der Waals surface area contributed by atoms with E-state index < -0.39 is 0 Å². The van der Waals surface area contributed by atoms with Gasteiger partial charge in [0.25, 0.3) is 0 Å². The summed E-state index contributed by atoms with van der Waals surface area (Å²) in [6.45, 7) is 2.03. The average molecular weight is 226 g/mol. The number of nitrogens with zero attached hydrogens (tertiary/aromatic N) is 2. The molecule has 0 aliphatic heterocycles. The number of rotatable bonds is 3. The molecule has 1 saturated carbocycles. The largest absolute Gasteiger partial charge is 0.309 e. The van der Waals surface area contributed by atoms with Crippen molar-refractivity contribution in [3.63, 3.8) is 0 Å². The Morgan fingerprint density at radius 3 is 2.73 bits per heavy atom. The zero-order valence-corrected chi connectivity index (χ0v) is 9.21. The van der Waals surface area contributed by atoms with Gasteiger partial charge in [-0.05, 0) is 19.3 Å². The van der Waals surface area contributed by atoms with E-state index in [4.69, 9.17) is 11.6 Å². The van der Waals surface area contributed by atoms with Gasteiger partial charge in [-0.3, -0.25) is 4.79 Å². The van der Waals surface area contributed by atoms with E-state index in [1.807, 2.05) is 6.92 Å². The molecular formula is C10H12ClN3O. The Morgan fingerprint density at radius 2 is 2.27 bits per heavy atom. The van der Waals surface area contributed by atoms with Gasteiger partial charge in [0.2, 0.25) is 5.91 Å². The summed E-state index contributed by atoms with van der Waals surface area (Å²) in [7, 11) is 0. The summed E-state index contributed by atoms with van der Waals surface area (Å²) in [4.78, 5) is 19.6. The summed E-state index contributed by atoms with van der Waals surface area (Å²) >= 11 is 5.59. The summed E-state index contributed by atoms with van der Waals surface area (Å²) in [5.74, 6) is 0.505. The van der Waals surface area contributed by atoms with Crippen molar-refractivity contribution in [3.05, 3.63) is 17.5 Å². The van der Waals surface area contributed by atoms with Crippen molar-refractivity contribution in [2.75, 3.05) is 5.32 Å². The van der Waals surface area contributed by atoms with E-state index in [-0.39, 0.29) is 11.3 Å². The van der Waals surface area contributed by atoms with Crippen molar-refractivity contribution >= 4 is 23.3 Å². The summed E-state index contributed by atoms with van der Waals surface area (Å²) in [5.41, 5.74) is -0.151. The van der Waals surface area contributed by atoms with Gasteiger partial charge in [0.05, 0.1) is 12.4 Å². The Labute approximate surface area is 93.1 Å². The van der Waals surface area contributed by atoms with Gasteiger partial charge in [-0.2, -0.15) is 0 Å². The Balaban J connectivity index is 2.03. The lowest BCUT2D eigenvalue weighted by molar-refractivity contribution is -0.121. The van der Waals surface area contributed by atoms with Gasteiger partial charge in [0, 0.05) is 5.41 Å².